The number of benzene rings is 1. The van der Waals surface area contributed by atoms with Gasteiger partial charge in [0.05, 0.1) is 10.0 Å². The predicted octanol–water partition coefficient (Wildman–Crippen LogP) is 3.39. The standard InChI is InChI=1S/C12H10Cl2N2OS/c1-18-12-15-6-8(11(17)16-12)4-7-2-3-9(13)10(14)5-7/h2-3,5-6H,4H2,1H3,(H,15,16,17). The van der Waals surface area contributed by atoms with E-state index >= 15 is 0 Å². The Balaban J connectivity index is 2.28. The van der Waals surface area contributed by atoms with Crippen molar-refractivity contribution in [2.45, 2.75) is 11.6 Å². The van der Waals surface area contributed by atoms with Crippen LogP contribution in [0.5, 0.6) is 0 Å². The molecule has 0 amide bonds. The molecule has 2 rings (SSSR count). The Hall–Kier alpha value is -0.970. The maximum atomic E-state index is 11.8. The topological polar surface area (TPSA) is 45.8 Å². The van der Waals surface area contributed by atoms with Crippen molar-refractivity contribution in [3.8, 4) is 0 Å². The maximum Gasteiger partial charge on any atom is 0.255 e. The molecule has 1 heterocycles. The molecular formula is C12H10Cl2N2OS. The van der Waals surface area contributed by atoms with Crippen LogP contribution in [0.3, 0.4) is 0 Å². The molecule has 0 bridgehead atoms. The number of aromatic amines is 1. The smallest absolute Gasteiger partial charge is 0.255 e. The molecule has 0 unspecified atom stereocenters. The minimum Gasteiger partial charge on any atom is -0.301 e. The Morgan fingerprint density at radius 3 is 2.72 bits per heavy atom. The van der Waals surface area contributed by atoms with Crippen molar-refractivity contribution in [2.24, 2.45) is 0 Å². The van der Waals surface area contributed by atoms with Crippen molar-refractivity contribution in [2.75, 3.05) is 6.26 Å². The lowest BCUT2D eigenvalue weighted by molar-refractivity contribution is 0.902. The summed E-state index contributed by atoms with van der Waals surface area (Å²) in [6.45, 7) is 0. The average molecular weight is 301 g/mol. The van der Waals surface area contributed by atoms with Crippen LogP contribution in [0.1, 0.15) is 11.1 Å². The fourth-order valence-corrected chi connectivity index (χ4v) is 2.18. The van der Waals surface area contributed by atoms with Crippen molar-refractivity contribution in [3.05, 3.63) is 55.9 Å². The van der Waals surface area contributed by atoms with Gasteiger partial charge in [-0.2, -0.15) is 0 Å². The highest BCUT2D eigenvalue weighted by molar-refractivity contribution is 7.98. The SMILES string of the molecule is CSc1ncc(Cc2ccc(Cl)c(Cl)c2)c(=O)[nH]1. The van der Waals surface area contributed by atoms with Crippen LogP contribution < -0.4 is 5.56 Å². The predicted molar refractivity (Wildman–Crippen MR) is 75.9 cm³/mol. The quantitative estimate of drug-likeness (QED) is 0.698. The van der Waals surface area contributed by atoms with Gasteiger partial charge >= 0.3 is 0 Å². The zero-order chi connectivity index (χ0) is 13.1. The number of aromatic nitrogens is 2. The summed E-state index contributed by atoms with van der Waals surface area (Å²) in [4.78, 5) is 18.6. The van der Waals surface area contributed by atoms with Gasteiger partial charge in [0.2, 0.25) is 0 Å². The zero-order valence-electron chi connectivity index (χ0n) is 9.54. The first-order chi connectivity index (χ1) is 8.60. The lowest BCUT2D eigenvalue weighted by atomic mass is 10.1. The summed E-state index contributed by atoms with van der Waals surface area (Å²) in [5.41, 5.74) is 1.40. The number of H-pyrrole nitrogens is 1. The van der Waals surface area contributed by atoms with Crippen LogP contribution in [0.4, 0.5) is 0 Å². The van der Waals surface area contributed by atoms with Gasteiger partial charge in [-0.3, -0.25) is 4.79 Å². The highest BCUT2D eigenvalue weighted by Crippen LogP contribution is 2.23. The molecule has 18 heavy (non-hydrogen) atoms. The van der Waals surface area contributed by atoms with Gasteiger partial charge in [0.1, 0.15) is 0 Å². The molecule has 1 aromatic carbocycles. The first-order valence-corrected chi connectivity index (χ1v) is 7.14. The molecule has 0 aliphatic carbocycles. The number of hydrogen-bond acceptors (Lipinski definition) is 3. The number of hydrogen-bond donors (Lipinski definition) is 1. The van der Waals surface area contributed by atoms with Crippen LogP contribution in [0, 0.1) is 0 Å². The largest absolute Gasteiger partial charge is 0.301 e. The Labute approximate surface area is 119 Å². The highest BCUT2D eigenvalue weighted by atomic mass is 35.5. The van der Waals surface area contributed by atoms with Crippen LogP contribution in [0.2, 0.25) is 10.0 Å². The summed E-state index contributed by atoms with van der Waals surface area (Å²) in [5, 5.41) is 1.60. The summed E-state index contributed by atoms with van der Waals surface area (Å²) in [6.07, 6.45) is 3.93. The lowest BCUT2D eigenvalue weighted by Gasteiger charge is -2.03. The van der Waals surface area contributed by atoms with Crippen molar-refractivity contribution < 1.29 is 0 Å². The Morgan fingerprint density at radius 2 is 2.11 bits per heavy atom. The third-order valence-electron chi connectivity index (χ3n) is 2.42. The molecule has 2 aromatic rings. The van der Waals surface area contributed by atoms with Gasteiger partial charge < -0.3 is 4.98 Å². The summed E-state index contributed by atoms with van der Waals surface area (Å²) in [6, 6.07) is 5.32. The molecule has 0 aliphatic heterocycles. The molecule has 1 N–H and O–H groups in total. The third-order valence-corrected chi connectivity index (χ3v) is 3.75. The number of nitrogens with zero attached hydrogens (tertiary/aromatic N) is 1. The molecule has 0 spiro atoms. The minimum absolute atomic E-state index is 0.125. The van der Waals surface area contributed by atoms with Crippen LogP contribution in [0.25, 0.3) is 0 Å². The highest BCUT2D eigenvalue weighted by Gasteiger charge is 2.05. The molecule has 0 saturated heterocycles. The molecule has 0 radical (unpaired) electrons. The van der Waals surface area contributed by atoms with E-state index in [0.29, 0.717) is 27.2 Å². The van der Waals surface area contributed by atoms with E-state index in [-0.39, 0.29) is 5.56 Å². The van der Waals surface area contributed by atoms with Gasteiger partial charge in [-0.25, -0.2) is 4.98 Å². The first-order valence-electron chi connectivity index (χ1n) is 5.16. The molecule has 0 atom stereocenters. The van der Waals surface area contributed by atoms with E-state index in [9.17, 15) is 4.79 Å². The molecule has 0 aliphatic rings. The molecule has 3 nitrogen and oxygen atoms in total. The van der Waals surface area contributed by atoms with E-state index < -0.39 is 0 Å². The normalized spacial score (nSPS) is 10.6. The van der Waals surface area contributed by atoms with E-state index in [1.165, 1.54) is 11.8 Å². The lowest BCUT2D eigenvalue weighted by Crippen LogP contribution is -2.14. The number of halogens is 2. The van der Waals surface area contributed by atoms with Gasteiger partial charge in [0.15, 0.2) is 5.16 Å². The summed E-state index contributed by atoms with van der Waals surface area (Å²) in [5.74, 6) is 0. The number of nitrogens with one attached hydrogen (secondary N) is 1. The van der Waals surface area contributed by atoms with Crippen molar-refractivity contribution in [1.82, 2.24) is 9.97 Å². The van der Waals surface area contributed by atoms with Gasteiger partial charge in [-0.1, -0.05) is 41.0 Å². The molecule has 1 aromatic heterocycles. The number of rotatable bonds is 3. The summed E-state index contributed by atoms with van der Waals surface area (Å²) >= 11 is 13.2. The first kappa shape index (κ1) is 13.5. The minimum atomic E-state index is -0.125. The second-order valence-corrected chi connectivity index (χ2v) is 5.28. The van der Waals surface area contributed by atoms with Gasteiger partial charge in [-0.15, -0.1) is 0 Å². The van der Waals surface area contributed by atoms with Crippen molar-refractivity contribution in [3.63, 3.8) is 0 Å². The average Bonchev–Trinajstić information content (AvgIpc) is 2.36. The van der Waals surface area contributed by atoms with Crippen LogP contribution in [0.15, 0.2) is 34.3 Å². The molecule has 94 valence electrons. The maximum absolute atomic E-state index is 11.8. The van der Waals surface area contributed by atoms with Gasteiger partial charge in [0.25, 0.3) is 5.56 Å². The van der Waals surface area contributed by atoms with Gasteiger partial charge in [-0.05, 0) is 24.0 Å². The van der Waals surface area contributed by atoms with E-state index in [0.717, 1.165) is 5.56 Å². The second kappa shape index (κ2) is 5.78. The molecular weight excluding hydrogens is 291 g/mol. The van der Waals surface area contributed by atoms with E-state index in [1.807, 2.05) is 12.3 Å². The van der Waals surface area contributed by atoms with Crippen LogP contribution in [-0.2, 0) is 6.42 Å². The second-order valence-electron chi connectivity index (χ2n) is 3.67. The van der Waals surface area contributed by atoms with Gasteiger partial charge in [0, 0.05) is 18.2 Å². The molecule has 0 fully saturated rings. The van der Waals surface area contributed by atoms with E-state index in [1.54, 1.807) is 18.3 Å². The van der Waals surface area contributed by atoms with Crippen LogP contribution >= 0.6 is 35.0 Å². The summed E-state index contributed by atoms with van der Waals surface area (Å²) in [7, 11) is 0. The zero-order valence-corrected chi connectivity index (χ0v) is 11.9. The Kier molecular flexibility index (Phi) is 4.32. The number of thioether (sulfide) groups is 1. The van der Waals surface area contributed by atoms with Crippen molar-refractivity contribution >= 4 is 35.0 Å². The summed E-state index contributed by atoms with van der Waals surface area (Å²) < 4.78 is 0. The Morgan fingerprint density at radius 1 is 1.33 bits per heavy atom. The monoisotopic (exact) mass is 300 g/mol. The Bertz CT molecular complexity index is 628. The van der Waals surface area contributed by atoms with Crippen LogP contribution in [-0.4, -0.2) is 16.2 Å². The molecule has 0 saturated carbocycles. The fraction of sp³-hybridized carbons (Fsp3) is 0.167. The molecule has 6 heteroatoms. The fourth-order valence-electron chi connectivity index (χ4n) is 1.50. The van der Waals surface area contributed by atoms with Crippen molar-refractivity contribution in [1.29, 1.82) is 0 Å². The van der Waals surface area contributed by atoms with E-state index in [4.69, 9.17) is 23.2 Å². The third kappa shape index (κ3) is 3.07. The van der Waals surface area contributed by atoms with E-state index in [2.05, 4.69) is 9.97 Å².